The van der Waals surface area contributed by atoms with Crippen molar-refractivity contribution in [3.63, 3.8) is 0 Å². The smallest absolute Gasteiger partial charge is 0.274 e. The molecule has 1 saturated heterocycles. The summed E-state index contributed by atoms with van der Waals surface area (Å²) < 4.78 is 15.2. The van der Waals surface area contributed by atoms with Gasteiger partial charge in [-0.05, 0) is 31.2 Å². The van der Waals surface area contributed by atoms with Crippen molar-refractivity contribution in [2.24, 2.45) is 0 Å². The van der Waals surface area contributed by atoms with Crippen molar-refractivity contribution >= 4 is 17.4 Å². The third-order valence-electron chi connectivity index (χ3n) is 4.52. The second kappa shape index (κ2) is 6.16. The molecule has 1 amide bonds. The van der Waals surface area contributed by atoms with E-state index in [0.29, 0.717) is 31.1 Å². The molecule has 25 heavy (non-hydrogen) atoms. The molecule has 4 rings (SSSR count). The molecule has 0 aliphatic carbocycles. The Kier molecular flexibility index (Phi) is 3.83. The molecule has 1 atom stereocenters. The van der Waals surface area contributed by atoms with Crippen molar-refractivity contribution in [2.75, 3.05) is 24.5 Å². The summed E-state index contributed by atoms with van der Waals surface area (Å²) in [6, 6.07) is 8.35. The topological polar surface area (TPSA) is 53.7 Å². The quantitative estimate of drug-likeness (QED) is 0.718. The van der Waals surface area contributed by atoms with E-state index in [1.165, 1.54) is 12.1 Å². The summed E-state index contributed by atoms with van der Waals surface area (Å²) in [5.74, 6) is 0.162. The van der Waals surface area contributed by atoms with Crippen molar-refractivity contribution < 1.29 is 9.18 Å². The van der Waals surface area contributed by atoms with Gasteiger partial charge in [0.25, 0.3) is 5.91 Å². The lowest BCUT2D eigenvalue weighted by molar-refractivity contribution is 0.0668. The zero-order chi connectivity index (χ0) is 17.4. The Bertz CT molecular complexity index is 891. The molecule has 0 spiro atoms. The van der Waals surface area contributed by atoms with Gasteiger partial charge in [-0.1, -0.05) is 6.07 Å². The van der Waals surface area contributed by atoms with Gasteiger partial charge in [-0.2, -0.15) is 0 Å². The number of amides is 1. The second-order valence-electron chi connectivity index (χ2n) is 6.23. The maximum absolute atomic E-state index is 13.4. The molecule has 6 nitrogen and oxygen atoms in total. The van der Waals surface area contributed by atoms with Gasteiger partial charge in [0.15, 0.2) is 0 Å². The van der Waals surface area contributed by atoms with E-state index in [4.69, 9.17) is 0 Å². The molecule has 1 unspecified atom stereocenters. The molecular formula is C18H18FN5O. The molecule has 7 heteroatoms. The predicted octanol–water partition coefficient (Wildman–Crippen LogP) is 2.22. The first-order chi connectivity index (χ1) is 12.1. The van der Waals surface area contributed by atoms with Gasteiger partial charge in [-0.25, -0.2) is 14.4 Å². The van der Waals surface area contributed by atoms with Crippen LogP contribution >= 0.6 is 0 Å². The number of carbonyl (C=O) groups is 1. The average Bonchev–Trinajstić information content (AvgIpc) is 3.05. The lowest BCUT2D eigenvalue weighted by Gasteiger charge is -2.40. The molecule has 0 bridgehead atoms. The Morgan fingerprint density at radius 1 is 1.28 bits per heavy atom. The van der Waals surface area contributed by atoms with Gasteiger partial charge in [-0.15, -0.1) is 0 Å². The number of piperazine rings is 1. The van der Waals surface area contributed by atoms with E-state index < -0.39 is 0 Å². The van der Waals surface area contributed by atoms with Crippen LogP contribution in [0.4, 0.5) is 10.1 Å². The van der Waals surface area contributed by atoms with Crippen molar-refractivity contribution in [2.45, 2.75) is 13.0 Å². The number of hydrogen-bond acceptors (Lipinski definition) is 4. The summed E-state index contributed by atoms with van der Waals surface area (Å²) in [7, 11) is 0. The molecule has 0 N–H and O–H groups in total. The van der Waals surface area contributed by atoms with Crippen molar-refractivity contribution in [1.29, 1.82) is 0 Å². The fourth-order valence-electron chi connectivity index (χ4n) is 3.25. The fraction of sp³-hybridized carbons (Fsp3) is 0.278. The molecule has 1 aromatic carbocycles. The zero-order valence-corrected chi connectivity index (χ0v) is 13.8. The van der Waals surface area contributed by atoms with Gasteiger partial charge in [-0.3, -0.25) is 9.20 Å². The van der Waals surface area contributed by atoms with Crippen LogP contribution in [0.1, 0.15) is 17.4 Å². The highest BCUT2D eigenvalue weighted by molar-refractivity contribution is 5.93. The number of halogens is 1. The monoisotopic (exact) mass is 339 g/mol. The Morgan fingerprint density at radius 2 is 2.16 bits per heavy atom. The summed E-state index contributed by atoms with van der Waals surface area (Å²) >= 11 is 0. The molecular weight excluding hydrogens is 321 g/mol. The minimum absolute atomic E-state index is 0.00212. The lowest BCUT2D eigenvalue weighted by Crippen LogP contribution is -2.54. The highest BCUT2D eigenvalue weighted by Gasteiger charge is 2.29. The van der Waals surface area contributed by atoms with E-state index in [9.17, 15) is 9.18 Å². The van der Waals surface area contributed by atoms with E-state index in [1.54, 1.807) is 28.9 Å². The number of benzene rings is 1. The summed E-state index contributed by atoms with van der Waals surface area (Å²) in [5, 5.41) is 0. The van der Waals surface area contributed by atoms with Gasteiger partial charge >= 0.3 is 0 Å². The Hall–Kier alpha value is -2.96. The van der Waals surface area contributed by atoms with E-state index in [2.05, 4.69) is 14.9 Å². The van der Waals surface area contributed by atoms with Gasteiger partial charge in [0.1, 0.15) is 11.5 Å². The highest BCUT2D eigenvalue weighted by Crippen LogP contribution is 2.21. The largest absolute Gasteiger partial charge is 0.368 e. The van der Waals surface area contributed by atoms with Crippen molar-refractivity contribution in [3.05, 3.63) is 60.4 Å². The number of hydrogen-bond donors (Lipinski definition) is 0. The number of carbonyl (C=O) groups excluding carboxylic acids is 1. The minimum atomic E-state index is -0.249. The van der Waals surface area contributed by atoms with Crippen LogP contribution in [-0.2, 0) is 0 Å². The standard InChI is InChI=1S/C18H18FN5O/c1-13-11-22(15-5-2-4-14(19)10-15)8-9-24(13)17(25)16-12-23-7-3-6-20-18(23)21-16/h2-7,10,12-13H,8-9,11H2,1H3. The number of imidazole rings is 1. The van der Waals surface area contributed by atoms with E-state index in [-0.39, 0.29) is 17.8 Å². The number of rotatable bonds is 2. The highest BCUT2D eigenvalue weighted by atomic mass is 19.1. The number of fused-ring (bicyclic) bond motifs is 1. The third kappa shape index (κ3) is 2.93. The van der Waals surface area contributed by atoms with E-state index in [1.807, 2.05) is 24.1 Å². The second-order valence-corrected chi connectivity index (χ2v) is 6.23. The van der Waals surface area contributed by atoms with Gasteiger partial charge < -0.3 is 9.80 Å². The molecule has 128 valence electrons. The van der Waals surface area contributed by atoms with Gasteiger partial charge in [0.2, 0.25) is 5.78 Å². The summed E-state index contributed by atoms with van der Waals surface area (Å²) in [4.78, 5) is 25.2. The van der Waals surface area contributed by atoms with E-state index >= 15 is 0 Å². The van der Waals surface area contributed by atoms with Crippen LogP contribution in [0, 0.1) is 5.82 Å². The van der Waals surface area contributed by atoms with E-state index in [0.717, 1.165) is 5.69 Å². The number of anilines is 1. The predicted molar refractivity (Wildman–Crippen MR) is 92.1 cm³/mol. The molecule has 2 aromatic heterocycles. The van der Waals surface area contributed by atoms with Crippen LogP contribution in [0.3, 0.4) is 0 Å². The normalized spacial score (nSPS) is 17.9. The van der Waals surface area contributed by atoms with Crippen LogP contribution in [0.25, 0.3) is 5.78 Å². The molecule has 0 saturated carbocycles. The number of aromatic nitrogens is 3. The van der Waals surface area contributed by atoms with Crippen molar-refractivity contribution in [1.82, 2.24) is 19.3 Å². The summed E-state index contributed by atoms with van der Waals surface area (Å²) in [6.07, 6.45) is 5.17. The Labute approximate surface area is 144 Å². The zero-order valence-electron chi connectivity index (χ0n) is 13.8. The average molecular weight is 339 g/mol. The lowest BCUT2D eigenvalue weighted by atomic mass is 10.1. The van der Waals surface area contributed by atoms with Crippen molar-refractivity contribution in [3.8, 4) is 0 Å². The molecule has 1 fully saturated rings. The first kappa shape index (κ1) is 15.6. The maximum Gasteiger partial charge on any atom is 0.274 e. The summed E-state index contributed by atoms with van der Waals surface area (Å²) in [6.45, 7) is 3.88. The maximum atomic E-state index is 13.4. The third-order valence-corrected chi connectivity index (χ3v) is 4.52. The SMILES string of the molecule is CC1CN(c2cccc(F)c2)CCN1C(=O)c1cn2cccnc2n1. The van der Waals surface area contributed by atoms with Crippen LogP contribution in [0.5, 0.6) is 0 Å². The molecule has 1 aliphatic rings. The number of nitrogens with zero attached hydrogens (tertiary/aromatic N) is 5. The molecule has 1 aliphatic heterocycles. The first-order valence-corrected chi connectivity index (χ1v) is 8.23. The van der Waals surface area contributed by atoms with Crippen LogP contribution in [0.15, 0.2) is 48.9 Å². The molecule has 3 heterocycles. The Morgan fingerprint density at radius 3 is 2.92 bits per heavy atom. The summed E-state index contributed by atoms with van der Waals surface area (Å²) in [5.41, 5.74) is 1.24. The van der Waals surface area contributed by atoms with Crippen LogP contribution in [-0.4, -0.2) is 50.9 Å². The molecule has 3 aromatic rings. The fourth-order valence-corrected chi connectivity index (χ4v) is 3.25. The van der Waals surface area contributed by atoms with Crippen LogP contribution in [0.2, 0.25) is 0 Å². The minimum Gasteiger partial charge on any atom is -0.368 e. The van der Waals surface area contributed by atoms with Gasteiger partial charge in [0.05, 0.1) is 0 Å². The first-order valence-electron chi connectivity index (χ1n) is 8.23. The Balaban J connectivity index is 1.51. The van der Waals surface area contributed by atoms with Gasteiger partial charge in [0, 0.05) is 50.0 Å². The van der Waals surface area contributed by atoms with Crippen LogP contribution < -0.4 is 4.90 Å². The molecule has 0 radical (unpaired) electrons.